The van der Waals surface area contributed by atoms with Gasteiger partial charge < -0.3 is 19.5 Å². The molecule has 0 radical (unpaired) electrons. The molecule has 1 aliphatic carbocycles. The van der Waals surface area contributed by atoms with Crippen LogP contribution in [0, 0.1) is 0 Å². The Hall–Kier alpha value is -2.34. The minimum absolute atomic E-state index is 0.0369. The predicted octanol–water partition coefficient (Wildman–Crippen LogP) is 2.06. The molecule has 1 N–H and O–H groups in total. The first-order valence-corrected chi connectivity index (χ1v) is 8.10. The quantitative estimate of drug-likeness (QED) is 0.842. The van der Waals surface area contributed by atoms with Crippen LogP contribution < -0.4 is 10.1 Å². The lowest BCUT2D eigenvalue weighted by atomic mass is 10.0. The average Bonchev–Trinajstić information content (AvgIpc) is 3.24. The molecule has 1 fully saturated rings. The summed E-state index contributed by atoms with van der Waals surface area (Å²) in [5.41, 5.74) is 1.08. The number of rotatable bonds is 7. The fourth-order valence-electron chi connectivity index (χ4n) is 2.70. The lowest BCUT2D eigenvalue weighted by molar-refractivity contribution is -0.123. The molecule has 6 heteroatoms. The highest BCUT2D eigenvalue weighted by molar-refractivity contribution is 5.91. The van der Waals surface area contributed by atoms with E-state index in [4.69, 9.17) is 9.26 Å². The normalized spacial score (nSPS) is 15.3. The number of carbonyl (C=O) groups excluding carboxylic acids is 1. The molecule has 0 spiro atoms. The van der Waals surface area contributed by atoms with Crippen LogP contribution in [0.3, 0.4) is 0 Å². The molecule has 2 aromatic rings. The number of hydrogen-bond acceptors (Lipinski definition) is 5. The maximum absolute atomic E-state index is 12.5. The molecular weight excluding hydrogens is 306 g/mol. The summed E-state index contributed by atoms with van der Waals surface area (Å²) < 4.78 is 10.7. The van der Waals surface area contributed by atoms with Gasteiger partial charge in [-0.3, -0.25) is 4.79 Å². The van der Waals surface area contributed by atoms with Crippen molar-refractivity contribution in [2.45, 2.75) is 18.3 Å². The molecule has 1 amide bonds. The Kier molecular flexibility index (Phi) is 4.57. The number of nitrogens with zero attached hydrogens (tertiary/aromatic N) is 2. The van der Waals surface area contributed by atoms with Crippen LogP contribution in [0.4, 0.5) is 0 Å². The Bertz CT molecular complexity index is 720. The number of hydrogen-bond donors (Lipinski definition) is 1. The van der Waals surface area contributed by atoms with Gasteiger partial charge in [-0.1, -0.05) is 17.3 Å². The van der Waals surface area contributed by atoms with E-state index < -0.39 is 5.41 Å². The van der Waals surface area contributed by atoms with E-state index >= 15 is 0 Å². The predicted molar refractivity (Wildman–Crippen MR) is 91.0 cm³/mol. The van der Waals surface area contributed by atoms with Crippen molar-refractivity contribution >= 4 is 5.91 Å². The molecule has 0 atom stereocenters. The number of ether oxygens (including phenoxy) is 1. The first-order valence-electron chi connectivity index (χ1n) is 8.10. The SMILES string of the molecule is COc1cccc(-c2cc(C3(C(=O)NCCN(C)C)CC3)no2)c1. The molecule has 6 nitrogen and oxygen atoms in total. The molecule has 1 aromatic carbocycles. The van der Waals surface area contributed by atoms with Crippen molar-refractivity contribution in [3.8, 4) is 17.1 Å². The van der Waals surface area contributed by atoms with Crippen molar-refractivity contribution in [2.75, 3.05) is 34.3 Å². The zero-order chi connectivity index (χ0) is 17.2. The van der Waals surface area contributed by atoms with Gasteiger partial charge in [-0.25, -0.2) is 0 Å². The number of nitrogens with one attached hydrogen (secondary N) is 1. The van der Waals surface area contributed by atoms with Crippen molar-refractivity contribution in [3.63, 3.8) is 0 Å². The topological polar surface area (TPSA) is 67.6 Å². The van der Waals surface area contributed by atoms with E-state index in [1.807, 2.05) is 49.3 Å². The summed E-state index contributed by atoms with van der Waals surface area (Å²) >= 11 is 0. The molecule has 0 aliphatic heterocycles. The summed E-state index contributed by atoms with van der Waals surface area (Å²) in [5.74, 6) is 1.44. The zero-order valence-corrected chi connectivity index (χ0v) is 14.3. The van der Waals surface area contributed by atoms with E-state index in [-0.39, 0.29) is 5.91 Å². The standard InChI is InChI=1S/C18H23N3O3/c1-21(2)10-9-19-17(22)18(7-8-18)16-12-15(24-20-16)13-5-4-6-14(11-13)23-3/h4-6,11-12H,7-10H2,1-3H3,(H,19,22). The number of amides is 1. The summed E-state index contributed by atoms with van der Waals surface area (Å²) in [6.07, 6.45) is 1.62. The fourth-order valence-corrected chi connectivity index (χ4v) is 2.70. The summed E-state index contributed by atoms with van der Waals surface area (Å²) in [6, 6.07) is 9.47. The Morgan fingerprint density at radius 2 is 2.17 bits per heavy atom. The second-order valence-corrected chi connectivity index (χ2v) is 6.45. The highest BCUT2D eigenvalue weighted by Crippen LogP contribution is 2.48. The van der Waals surface area contributed by atoms with E-state index in [1.54, 1.807) is 7.11 Å². The fraction of sp³-hybridized carbons (Fsp3) is 0.444. The van der Waals surface area contributed by atoms with Crippen LogP contribution in [0.2, 0.25) is 0 Å². The van der Waals surface area contributed by atoms with Gasteiger partial charge >= 0.3 is 0 Å². The highest BCUT2D eigenvalue weighted by atomic mass is 16.5. The second-order valence-electron chi connectivity index (χ2n) is 6.45. The largest absolute Gasteiger partial charge is 0.497 e. The monoisotopic (exact) mass is 329 g/mol. The van der Waals surface area contributed by atoms with E-state index in [0.29, 0.717) is 18.0 Å². The summed E-state index contributed by atoms with van der Waals surface area (Å²) in [6.45, 7) is 1.45. The molecule has 1 heterocycles. The zero-order valence-electron chi connectivity index (χ0n) is 14.3. The summed E-state index contributed by atoms with van der Waals surface area (Å²) in [4.78, 5) is 14.6. The lowest BCUT2D eigenvalue weighted by Crippen LogP contribution is -2.38. The highest BCUT2D eigenvalue weighted by Gasteiger charge is 2.53. The second kappa shape index (κ2) is 6.65. The van der Waals surface area contributed by atoms with Crippen LogP contribution in [-0.2, 0) is 10.2 Å². The van der Waals surface area contributed by atoms with Crippen molar-refractivity contribution < 1.29 is 14.1 Å². The van der Waals surface area contributed by atoms with Crippen molar-refractivity contribution in [2.24, 2.45) is 0 Å². The molecule has 0 unspecified atom stereocenters. The van der Waals surface area contributed by atoms with Gasteiger partial charge in [0.1, 0.15) is 5.75 Å². The van der Waals surface area contributed by atoms with Gasteiger partial charge in [0.2, 0.25) is 5.91 Å². The third kappa shape index (κ3) is 3.28. The Balaban J connectivity index is 1.73. The maximum atomic E-state index is 12.5. The van der Waals surface area contributed by atoms with Crippen molar-refractivity contribution in [1.29, 1.82) is 0 Å². The van der Waals surface area contributed by atoms with Crippen molar-refractivity contribution in [3.05, 3.63) is 36.0 Å². The van der Waals surface area contributed by atoms with Crippen LogP contribution in [0.25, 0.3) is 11.3 Å². The maximum Gasteiger partial charge on any atom is 0.232 e. The molecule has 0 saturated heterocycles. The number of methoxy groups -OCH3 is 1. The van der Waals surface area contributed by atoms with Crippen LogP contribution in [0.15, 0.2) is 34.9 Å². The Labute approximate surface area is 141 Å². The molecule has 3 rings (SSSR count). The van der Waals surface area contributed by atoms with Gasteiger partial charge in [0.15, 0.2) is 5.76 Å². The smallest absolute Gasteiger partial charge is 0.232 e. The van der Waals surface area contributed by atoms with E-state index in [2.05, 4.69) is 10.5 Å². The number of likely N-dealkylation sites (N-methyl/N-ethyl adjacent to an activating group) is 1. The molecule has 128 valence electrons. The average molecular weight is 329 g/mol. The Morgan fingerprint density at radius 1 is 1.38 bits per heavy atom. The third-order valence-corrected chi connectivity index (χ3v) is 4.38. The van der Waals surface area contributed by atoms with Gasteiger partial charge in [0.05, 0.1) is 18.2 Å². The molecule has 1 saturated carbocycles. The van der Waals surface area contributed by atoms with Crippen LogP contribution >= 0.6 is 0 Å². The minimum atomic E-state index is -0.521. The van der Waals surface area contributed by atoms with Crippen LogP contribution in [0.5, 0.6) is 5.75 Å². The molecule has 1 aliphatic rings. The lowest BCUT2D eigenvalue weighted by Gasteiger charge is -2.14. The number of benzene rings is 1. The van der Waals surface area contributed by atoms with Gasteiger partial charge in [0.25, 0.3) is 0 Å². The Morgan fingerprint density at radius 3 is 2.83 bits per heavy atom. The first kappa shape index (κ1) is 16.5. The van der Waals surface area contributed by atoms with Gasteiger partial charge in [-0.15, -0.1) is 0 Å². The van der Waals surface area contributed by atoms with E-state index in [9.17, 15) is 4.79 Å². The molecular formula is C18H23N3O3. The number of carbonyl (C=O) groups is 1. The summed E-state index contributed by atoms with van der Waals surface area (Å²) in [7, 11) is 5.59. The van der Waals surface area contributed by atoms with Gasteiger partial charge in [-0.05, 0) is 39.1 Å². The van der Waals surface area contributed by atoms with E-state index in [0.717, 1.165) is 30.7 Å². The van der Waals surface area contributed by atoms with E-state index in [1.165, 1.54) is 0 Å². The van der Waals surface area contributed by atoms with Gasteiger partial charge in [-0.2, -0.15) is 0 Å². The van der Waals surface area contributed by atoms with Crippen molar-refractivity contribution in [1.82, 2.24) is 15.4 Å². The molecule has 1 aromatic heterocycles. The minimum Gasteiger partial charge on any atom is -0.497 e. The van der Waals surface area contributed by atoms with Gasteiger partial charge in [0, 0.05) is 24.7 Å². The number of aromatic nitrogens is 1. The summed E-state index contributed by atoms with van der Waals surface area (Å²) in [5, 5.41) is 7.16. The van der Waals surface area contributed by atoms with Crippen LogP contribution in [0.1, 0.15) is 18.5 Å². The third-order valence-electron chi connectivity index (χ3n) is 4.38. The molecule has 24 heavy (non-hydrogen) atoms. The first-order chi connectivity index (χ1) is 11.5. The molecule has 0 bridgehead atoms. The van der Waals surface area contributed by atoms with Crippen LogP contribution in [-0.4, -0.2) is 50.3 Å².